The minimum absolute atomic E-state index is 0.0451. The maximum absolute atomic E-state index is 14.2. The zero-order valence-corrected chi connectivity index (χ0v) is 52.7. The largest absolute Gasteiger partial charge is 0.455 e. The van der Waals surface area contributed by atoms with Crippen LogP contribution in [0.5, 0.6) is 11.5 Å². The van der Waals surface area contributed by atoms with E-state index >= 15 is 0 Å². The molecule has 4 fully saturated rings. The Hall–Kier alpha value is -7.34. The molecule has 0 bridgehead atoms. The molecule has 2 aromatic heterocycles. The van der Waals surface area contributed by atoms with Crippen molar-refractivity contribution in [3.05, 3.63) is 146 Å². The molecular formula is C66H76ClN11O9S2. The predicted molar refractivity (Wildman–Crippen MR) is 345 cm³/mol. The first kappa shape index (κ1) is 61.9. The van der Waals surface area contributed by atoms with Crippen molar-refractivity contribution < 1.29 is 37.3 Å². The highest BCUT2D eigenvalue weighted by atomic mass is 35.5. The normalized spacial score (nSPS) is 21.2. The summed E-state index contributed by atoms with van der Waals surface area (Å²) < 4.78 is 36.6. The molecular weight excluding hydrogens is 1190 g/mol. The molecule has 2 aliphatic carbocycles. The molecule has 20 nitrogen and oxygen atoms in total. The summed E-state index contributed by atoms with van der Waals surface area (Å²) in [5.41, 5.74) is 7.09. The number of thioether (sulfide) groups is 1. The first-order chi connectivity index (χ1) is 42.9. The van der Waals surface area contributed by atoms with E-state index in [1.165, 1.54) is 35.0 Å². The topological polar surface area (TPSA) is 236 Å². The molecule has 4 aromatic carbocycles. The van der Waals surface area contributed by atoms with Crippen LogP contribution in [-0.2, 0) is 26.2 Å². The second-order valence-corrected chi connectivity index (χ2v) is 28.5. The highest BCUT2D eigenvalue weighted by molar-refractivity contribution is 7.99. The van der Waals surface area contributed by atoms with Gasteiger partial charge in [-0.05, 0) is 159 Å². The summed E-state index contributed by atoms with van der Waals surface area (Å²) in [5.74, 6) is -0.180. The van der Waals surface area contributed by atoms with Gasteiger partial charge in [0.2, 0.25) is 11.8 Å². The van der Waals surface area contributed by atoms with Crippen molar-refractivity contribution in [2.45, 2.75) is 106 Å². The molecule has 3 saturated heterocycles. The number of imide groups is 1. The predicted octanol–water partition coefficient (Wildman–Crippen LogP) is 10.4. The lowest BCUT2D eigenvalue weighted by Gasteiger charge is -2.42. The number of benzene rings is 4. The van der Waals surface area contributed by atoms with Crippen LogP contribution in [0.25, 0.3) is 16.6 Å². The quantitative estimate of drug-likeness (QED) is 0.0183. The Morgan fingerprint density at radius 1 is 0.888 bits per heavy atom. The standard InChI is InChI=1S/C66H76ClN11O9S2/c1-66(2)23-21-46(54(38-66)44-9-11-47(67)12-10-44)41-74-28-32-76(33-29-74)49-15-17-53(59(36-49)87-50-35-45-22-24-68-62(45)70-40-50)63(80)72-89(85,86)51-16-18-56(58(37-51)78(83)84)69-39-43-7-13-48(14-8-43)75-30-26-73(27-31-75)25-4-34-88-60-6-3-5-52-55(60)42-77(65(52)82)57-19-20-61(79)71-64(57)81/h3,5-6,9-12,15-18,22,24,35-37,40,43,48,57,69H,4,7-8,13-14,19-21,23,25-34,38-39,41-42H2,1-2H3,(H,68,70)(H,72,80)(H,71,79,81)/t43-,48-,57?. The number of nitro groups is 1. The van der Waals surface area contributed by atoms with Gasteiger partial charge in [0.25, 0.3) is 27.5 Å². The first-order valence-corrected chi connectivity index (χ1v) is 33.9. The van der Waals surface area contributed by atoms with Gasteiger partial charge in [-0.25, -0.2) is 18.1 Å². The van der Waals surface area contributed by atoms with Gasteiger partial charge >= 0.3 is 0 Å². The summed E-state index contributed by atoms with van der Waals surface area (Å²) in [6.45, 7) is 14.4. The van der Waals surface area contributed by atoms with Crippen LogP contribution in [0.4, 0.5) is 17.1 Å². The number of nitrogens with zero attached hydrogens (tertiary/aromatic N) is 7. The summed E-state index contributed by atoms with van der Waals surface area (Å²) in [6, 6.07) is 26.2. The van der Waals surface area contributed by atoms with Gasteiger partial charge in [0.15, 0.2) is 0 Å². The van der Waals surface area contributed by atoms with E-state index in [2.05, 4.69) is 70.9 Å². The minimum atomic E-state index is -4.62. The summed E-state index contributed by atoms with van der Waals surface area (Å²) in [6.07, 6.45) is 12.0. The number of nitro benzene ring substituents is 1. The van der Waals surface area contributed by atoms with Gasteiger partial charge in [-0.1, -0.05) is 49.2 Å². The third-order valence-electron chi connectivity index (χ3n) is 18.8. The molecule has 1 atom stereocenters. The number of piperidine rings is 1. The van der Waals surface area contributed by atoms with Crippen LogP contribution in [0.15, 0.2) is 119 Å². The van der Waals surface area contributed by atoms with E-state index in [0.717, 1.165) is 142 Å². The number of pyridine rings is 1. The van der Waals surface area contributed by atoms with Crippen LogP contribution >= 0.6 is 23.4 Å². The number of hydrogen-bond acceptors (Lipinski definition) is 16. The fourth-order valence-corrected chi connectivity index (χ4v) is 15.8. The Bertz CT molecular complexity index is 3820. The molecule has 0 spiro atoms. The summed E-state index contributed by atoms with van der Waals surface area (Å²) >= 11 is 8.03. The second-order valence-electron chi connectivity index (χ2n) is 25.3. The Morgan fingerprint density at radius 3 is 2.43 bits per heavy atom. The van der Waals surface area contributed by atoms with Crippen molar-refractivity contribution >= 4 is 90.7 Å². The van der Waals surface area contributed by atoms with Crippen LogP contribution in [0.2, 0.25) is 5.02 Å². The van der Waals surface area contributed by atoms with E-state index in [4.69, 9.17) is 16.3 Å². The SMILES string of the molecule is CC1(C)CCC(CN2CCN(c3ccc(C(=O)NS(=O)(=O)c4ccc(NC[C@H]5CC[C@H](N6CCN(CCCSc7cccc8c7CN(C7CCC(=O)NC7=O)C8=O)CC6)CC5)c([N+](=O)[O-])c4)c(Oc4cnc5[nH]ccc5c4)c3)CC2)=C(c2ccc(Cl)cc2)C1. The number of aromatic nitrogens is 2. The van der Waals surface area contributed by atoms with Crippen LogP contribution in [0, 0.1) is 21.4 Å². The van der Waals surface area contributed by atoms with Crippen LogP contribution in [-0.4, -0.2) is 156 Å². The number of amides is 4. The molecule has 468 valence electrons. The lowest BCUT2D eigenvalue weighted by atomic mass is 9.72. The Balaban J connectivity index is 0.622. The smallest absolute Gasteiger partial charge is 0.293 e. The number of hydrogen-bond donors (Lipinski definition) is 4. The third-order valence-corrected chi connectivity index (χ3v) is 21.5. The number of allylic oxidation sites excluding steroid dienone is 1. The van der Waals surface area contributed by atoms with Crippen molar-refractivity contribution in [1.29, 1.82) is 0 Å². The number of piperazine rings is 2. The van der Waals surface area contributed by atoms with Crippen molar-refractivity contribution in [3.63, 3.8) is 0 Å². The molecule has 4 N–H and O–H groups in total. The summed E-state index contributed by atoms with van der Waals surface area (Å²) in [4.78, 5) is 83.3. The van der Waals surface area contributed by atoms with Crippen molar-refractivity contribution in [2.75, 3.05) is 88.0 Å². The number of fused-ring (bicyclic) bond motifs is 2. The van der Waals surface area contributed by atoms with E-state index in [0.29, 0.717) is 55.6 Å². The average Bonchev–Trinajstić information content (AvgIpc) is 2.60. The average molecular weight is 1270 g/mol. The summed E-state index contributed by atoms with van der Waals surface area (Å²) in [7, 11) is -4.62. The number of carbonyl (C=O) groups is 4. The van der Waals surface area contributed by atoms with Gasteiger partial charge in [-0.15, -0.1) is 11.8 Å². The third kappa shape index (κ3) is 14.3. The van der Waals surface area contributed by atoms with Crippen molar-refractivity contribution in [1.82, 2.24) is 39.6 Å². The van der Waals surface area contributed by atoms with E-state index in [-0.39, 0.29) is 46.6 Å². The van der Waals surface area contributed by atoms with Gasteiger partial charge in [-0.2, -0.15) is 0 Å². The number of ether oxygens (including phenoxy) is 1. The molecule has 0 radical (unpaired) electrons. The summed E-state index contributed by atoms with van der Waals surface area (Å²) in [5, 5.41) is 19.7. The number of nitrogens with one attached hydrogen (secondary N) is 4. The Morgan fingerprint density at radius 2 is 1.66 bits per heavy atom. The molecule has 4 aliphatic heterocycles. The van der Waals surface area contributed by atoms with Crippen molar-refractivity contribution in [2.24, 2.45) is 11.3 Å². The fourth-order valence-electron chi connectivity index (χ4n) is 13.7. The maximum Gasteiger partial charge on any atom is 0.293 e. The highest BCUT2D eigenvalue weighted by Gasteiger charge is 2.40. The molecule has 1 saturated carbocycles. The maximum atomic E-state index is 14.2. The number of halogens is 1. The lowest BCUT2D eigenvalue weighted by molar-refractivity contribution is -0.384. The molecule has 6 aliphatic rings. The number of sulfonamides is 1. The van der Waals surface area contributed by atoms with Gasteiger partial charge in [0.1, 0.15) is 28.9 Å². The minimum Gasteiger partial charge on any atom is -0.455 e. The molecule has 4 amide bonds. The van der Waals surface area contributed by atoms with E-state index in [1.54, 1.807) is 47.1 Å². The Kier molecular flexibility index (Phi) is 18.5. The molecule has 12 rings (SSSR count). The monoisotopic (exact) mass is 1270 g/mol. The molecule has 23 heteroatoms. The van der Waals surface area contributed by atoms with E-state index in [9.17, 15) is 37.7 Å². The van der Waals surface area contributed by atoms with Gasteiger partial charge < -0.3 is 29.7 Å². The number of H-pyrrole nitrogens is 1. The van der Waals surface area contributed by atoms with Gasteiger partial charge in [0, 0.05) is 129 Å². The van der Waals surface area contributed by atoms with Crippen LogP contribution in [0.1, 0.15) is 110 Å². The molecule has 89 heavy (non-hydrogen) atoms. The van der Waals surface area contributed by atoms with Crippen LogP contribution < -0.4 is 25.0 Å². The number of anilines is 2. The van der Waals surface area contributed by atoms with Gasteiger partial charge in [-0.3, -0.25) is 44.4 Å². The highest BCUT2D eigenvalue weighted by Crippen LogP contribution is 2.44. The van der Waals surface area contributed by atoms with Gasteiger partial charge in [0.05, 0.1) is 21.6 Å². The zero-order chi connectivity index (χ0) is 62.0. The molecule has 1 unspecified atom stereocenters. The first-order valence-electron chi connectivity index (χ1n) is 31.0. The molecule has 6 heterocycles. The van der Waals surface area contributed by atoms with E-state index < -0.39 is 43.4 Å². The number of carbonyl (C=O) groups excluding carboxylic acids is 4. The second kappa shape index (κ2) is 26.6. The van der Waals surface area contributed by atoms with Crippen molar-refractivity contribution in [3.8, 4) is 11.5 Å². The number of rotatable bonds is 20. The zero-order valence-electron chi connectivity index (χ0n) is 50.3. The fraction of sp³-hybridized carbons (Fsp3) is 0.439. The molecule has 6 aromatic rings. The lowest BCUT2D eigenvalue weighted by Crippen LogP contribution is -2.52. The Labute approximate surface area is 528 Å². The van der Waals surface area contributed by atoms with E-state index in [1.807, 2.05) is 36.4 Å². The number of aromatic amines is 1. The van der Waals surface area contributed by atoms with Crippen LogP contribution in [0.3, 0.4) is 0 Å².